The second kappa shape index (κ2) is 13.4. The van der Waals surface area contributed by atoms with Crippen molar-refractivity contribution in [3.63, 3.8) is 0 Å². The molecule has 12 aromatic rings. The van der Waals surface area contributed by atoms with Gasteiger partial charge in [-0.15, -0.1) is 0 Å². The fourth-order valence-electron chi connectivity index (χ4n) is 9.37. The van der Waals surface area contributed by atoms with Crippen LogP contribution in [0.1, 0.15) is 0 Å². The monoisotopic (exact) mass is 752 g/mol. The van der Waals surface area contributed by atoms with Crippen LogP contribution in [0, 0.1) is 0 Å². The van der Waals surface area contributed by atoms with Crippen molar-refractivity contribution in [1.29, 1.82) is 0 Å². The number of aromatic nitrogens is 1. The van der Waals surface area contributed by atoms with Crippen molar-refractivity contribution in [2.75, 3.05) is 4.90 Å². The molecule has 2 heterocycles. The summed E-state index contributed by atoms with van der Waals surface area (Å²) in [6.07, 6.45) is 0. The zero-order chi connectivity index (χ0) is 38.9. The average Bonchev–Trinajstić information content (AvgIpc) is 3.87. The maximum absolute atomic E-state index is 6.65. The summed E-state index contributed by atoms with van der Waals surface area (Å²) in [7, 11) is 0. The number of nitrogens with zero attached hydrogens (tertiary/aromatic N) is 2. The first-order chi connectivity index (χ1) is 29.3. The summed E-state index contributed by atoms with van der Waals surface area (Å²) in [5, 5.41) is 9.57. The van der Waals surface area contributed by atoms with Crippen LogP contribution >= 0.6 is 0 Å². The number of benzene rings is 10. The molecule has 0 saturated heterocycles. The van der Waals surface area contributed by atoms with E-state index in [9.17, 15) is 0 Å². The molecule has 0 saturated carbocycles. The van der Waals surface area contributed by atoms with Gasteiger partial charge in [0, 0.05) is 43.9 Å². The van der Waals surface area contributed by atoms with E-state index in [1.54, 1.807) is 0 Å². The summed E-state index contributed by atoms with van der Waals surface area (Å²) >= 11 is 0. The number of para-hydroxylation sites is 3. The number of anilines is 3. The van der Waals surface area contributed by atoms with Gasteiger partial charge in [0.05, 0.1) is 22.4 Å². The second-order valence-electron chi connectivity index (χ2n) is 15.2. The van der Waals surface area contributed by atoms with Gasteiger partial charge in [0.1, 0.15) is 11.2 Å². The predicted molar refractivity (Wildman–Crippen MR) is 249 cm³/mol. The van der Waals surface area contributed by atoms with E-state index in [4.69, 9.17) is 4.42 Å². The van der Waals surface area contributed by atoms with Gasteiger partial charge in [0.25, 0.3) is 0 Å². The molecule has 10 aromatic carbocycles. The summed E-state index contributed by atoms with van der Waals surface area (Å²) in [6.45, 7) is 0. The molecule has 0 aliphatic heterocycles. The van der Waals surface area contributed by atoms with Crippen LogP contribution in [0.25, 0.3) is 93.2 Å². The SMILES string of the molecule is c1ccc(-c2ccc(-c3ccc(N(c4cccc5c4ccc4ccccc45)c4cccc5c4c4ccccc4n5-c4ccccc4)cc3)c3c2oc2ccccc23)cc1. The number of furan rings is 1. The molecule has 0 bridgehead atoms. The van der Waals surface area contributed by atoms with Crippen molar-refractivity contribution < 1.29 is 4.42 Å². The van der Waals surface area contributed by atoms with E-state index >= 15 is 0 Å². The van der Waals surface area contributed by atoms with Crippen LogP contribution in [0.3, 0.4) is 0 Å². The highest BCUT2D eigenvalue weighted by Gasteiger charge is 2.23. The molecule has 2 aromatic heterocycles. The van der Waals surface area contributed by atoms with E-state index in [0.717, 1.165) is 72.5 Å². The Kier molecular flexibility index (Phi) is 7.54. The van der Waals surface area contributed by atoms with Gasteiger partial charge in [-0.1, -0.05) is 158 Å². The Labute approximate surface area is 341 Å². The van der Waals surface area contributed by atoms with E-state index < -0.39 is 0 Å². The van der Waals surface area contributed by atoms with E-state index in [1.165, 1.54) is 37.8 Å². The fourth-order valence-corrected chi connectivity index (χ4v) is 9.37. The van der Waals surface area contributed by atoms with Crippen LogP contribution in [0.5, 0.6) is 0 Å². The molecule has 0 aliphatic carbocycles. The molecule has 0 aliphatic rings. The Morgan fingerprint density at radius 1 is 0.356 bits per heavy atom. The average molecular weight is 753 g/mol. The third-order valence-corrected chi connectivity index (χ3v) is 12.0. The lowest BCUT2D eigenvalue weighted by Crippen LogP contribution is -2.11. The Hall–Kier alpha value is -7.88. The molecule has 0 atom stereocenters. The molecule has 0 fully saturated rings. The van der Waals surface area contributed by atoms with E-state index in [2.05, 4.69) is 222 Å². The maximum atomic E-state index is 6.65. The van der Waals surface area contributed by atoms with Gasteiger partial charge in [-0.05, 0) is 93.5 Å². The zero-order valence-electron chi connectivity index (χ0n) is 32.1. The summed E-state index contributed by atoms with van der Waals surface area (Å²) in [5.74, 6) is 0. The maximum Gasteiger partial charge on any atom is 0.143 e. The minimum absolute atomic E-state index is 0.890. The van der Waals surface area contributed by atoms with Crippen LogP contribution in [-0.2, 0) is 0 Å². The standard InChI is InChI=1S/C56H36N2O/c1-3-15-37(16-4-1)44-36-35-43(54-48-22-10-12-28-53(48)59-56(44)54)39-29-32-41(33-30-39)58(49-25-13-23-45-42-20-8-7-17-38(42)31-34-46(45)49)52-27-14-26-51-55(52)47-21-9-11-24-50(47)57(51)40-18-5-2-6-19-40/h1-36H. The Bertz CT molecular complexity index is 3540. The fraction of sp³-hybridized carbons (Fsp3) is 0. The van der Waals surface area contributed by atoms with E-state index in [0.29, 0.717) is 0 Å². The van der Waals surface area contributed by atoms with Crippen molar-refractivity contribution in [2.45, 2.75) is 0 Å². The normalized spacial score (nSPS) is 11.7. The van der Waals surface area contributed by atoms with E-state index in [-0.39, 0.29) is 0 Å². The van der Waals surface area contributed by atoms with Crippen molar-refractivity contribution in [2.24, 2.45) is 0 Å². The minimum atomic E-state index is 0.890. The Balaban J connectivity index is 1.10. The van der Waals surface area contributed by atoms with Crippen molar-refractivity contribution >= 4 is 82.4 Å². The second-order valence-corrected chi connectivity index (χ2v) is 15.2. The quantitative estimate of drug-likeness (QED) is 0.158. The molecule has 0 spiro atoms. The van der Waals surface area contributed by atoms with Gasteiger partial charge in [0.2, 0.25) is 0 Å². The van der Waals surface area contributed by atoms with Gasteiger partial charge < -0.3 is 13.9 Å². The molecule has 12 rings (SSSR count). The first-order valence-electron chi connectivity index (χ1n) is 20.2. The van der Waals surface area contributed by atoms with Crippen molar-refractivity contribution in [3.8, 4) is 27.9 Å². The highest BCUT2D eigenvalue weighted by atomic mass is 16.3. The largest absolute Gasteiger partial charge is 0.455 e. The van der Waals surface area contributed by atoms with E-state index in [1.807, 2.05) is 6.07 Å². The van der Waals surface area contributed by atoms with Gasteiger partial charge in [0.15, 0.2) is 0 Å². The molecule has 59 heavy (non-hydrogen) atoms. The molecule has 0 unspecified atom stereocenters. The molecule has 0 radical (unpaired) electrons. The van der Waals surface area contributed by atoms with Gasteiger partial charge in [-0.2, -0.15) is 0 Å². The van der Waals surface area contributed by atoms with Crippen LogP contribution in [-0.4, -0.2) is 4.57 Å². The predicted octanol–water partition coefficient (Wildman–Crippen LogP) is 15.8. The molecule has 0 N–H and O–H groups in total. The molecular weight excluding hydrogens is 717 g/mol. The minimum Gasteiger partial charge on any atom is -0.455 e. The summed E-state index contributed by atoms with van der Waals surface area (Å²) < 4.78 is 9.04. The van der Waals surface area contributed by atoms with Crippen molar-refractivity contribution in [3.05, 3.63) is 218 Å². The first kappa shape index (κ1) is 33.3. The molecule has 0 amide bonds. The van der Waals surface area contributed by atoms with Gasteiger partial charge in [-0.25, -0.2) is 0 Å². The lowest BCUT2D eigenvalue weighted by molar-refractivity contribution is 0.670. The molecule has 276 valence electrons. The summed E-state index contributed by atoms with van der Waals surface area (Å²) in [6, 6.07) is 78.6. The lowest BCUT2D eigenvalue weighted by atomic mass is 9.94. The molecule has 3 heteroatoms. The molecule has 3 nitrogen and oxygen atoms in total. The Morgan fingerprint density at radius 2 is 0.983 bits per heavy atom. The Morgan fingerprint density at radius 3 is 1.83 bits per heavy atom. The molecular formula is C56H36N2O. The third kappa shape index (κ3) is 5.22. The highest BCUT2D eigenvalue weighted by molar-refractivity contribution is 6.19. The zero-order valence-corrected chi connectivity index (χ0v) is 32.1. The number of hydrogen-bond acceptors (Lipinski definition) is 2. The summed E-state index contributed by atoms with van der Waals surface area (Å²) in [4.78, 5) is 2.46. The number of fused-ring (bicyclic) bond motifs is 9. The summed E-state index contributed by atoms with van der Waals surface area (Å²) in [5.41, 5.74) is 13.1. The van der Waals surface area contributed by atoms with Crippen molar-refractivity contribution in [1.82, 2.24) is 4.57 Å². The lowest BCUT2D eigenvalue weighted by Gasteiger charge is -2.28. The smallest absolute Gasteiger partial charge is 0.143 e. The van der Waals surface area contributed by atoms with Gasteiger partial charge in [-0.3, -0.25) is 0 Å². The van der Waals surface area contributed by atoms with Crippen LogP contribution in [0.4, 0.5) is 17.1 Å². The third-order valence-electron chi connectivity index (χ3n) is 12.0. The number of rotatable bonds is 6. The topological polar surface area (TPSA) is 21.3 Å². The van der Waals surface area contributed by atoms with Crippen LogP contribution in [0.15, 0.2) is 223 Å². The van der Waals surface area contributed by atoms with Crippen LogP contribution < -0.4 is 4.90 Å². The highest BCUT2D eigenvalue weighted by Crippen LogP contribution is 2.47. The number of hydrogen-bond donors (Lipinski definition) is 0. The van der Waals surface area contributed by atoms with Gasteiger partial charge >= 0.3 is 0 Å². The first-order valence-corrected chi connectivity index (χ1v) is 20.2. The van der Waals surface area contributed by atoms with Crippen LogP contribution in [0.2, 0.25) is 0 Å².